The van der Waals surface area contributed by atoms with Gasteiger partial charge in [-0.2, -0.15) is 5.06 Å². The SMILES string of the molecule is CON(CCCCc1ccc(N(CCCl)CCCl)cc1)C1O[C@H](CO)[C@@H](O)[C@H](O)[C@H]1F. The number of hydrogen-bond donors (Lipinski definition) is 3. The highest BCUT2D eigenvalue weighted by Gasteiger charge is 2.47. The lowest BCUT2D eigenvalue weighted by Crippen LogP contribution is -2.61. The largest absolute Gasteiger partial charge is 0.394 e. The van der Waals surface area contributed by atoms with Crippen molar-refractivity contribution in [3.05, 3.63) is 29.8 Å². The molecule has 0 aliphatic carbocycles. The summed E-state index contributed by atoms with van der Waals surface area (Å²) in [5.41, 5.74) is 2.26. The van der Waals surface area contributed by atoms with E-state index in [1.54, 1.807) is 0 Å². The third-order valence-corrected chi connectivity index (χ3v) is 5.78. The molecule has 2 rings (SSSR count). The van der Waals surface area contributed by atoms with E-state index in [9.17, 15) is 19.7 Å². The van der Waals surface area contributed by atoms with Crippen LogP contribution in [0.3, 0.4) is 0 Å². The van der Waals surface area contributed by atoms with E-state index in [4.69, 9.17) is 32.8 Å². The summed E-state index contributed by atoms with van der Waals surface area (Å²) in [7, 11) is 1.40. The predicted molar refractivity (Wildman–Crippen MR) is 119 cm³/mol. The fraction of sp³-hybridized carbons (Fsp3) is 0.714. The van der Waals surface area contributed by atoms with Crippen LogP contribution in [0.4, 0.5) is 10.1 Å². The van der Waals surface area contributed by atoms with E-state index in [1.165, 1.54) is 17.7 Å². The molecule has 1 aliphatic rings. The standard InChI is InChI=1S/C21H33Cl2FN2O5/c1-30-26(21-18(24)20(29)19(28)17(14-27)31-21)11-3-2-4-15-5-7-16(8-6-15)25(12-9-22)13-10-23/h5-8,17-21,27-29H,2-4,9-14H2,1H3/t17-,18-,19-,20-,21?/m1/s1. The lowest BCUT2D eigenvalue weighted by Gasteiger charge is -2.42. The average Bonchev–Trinajstić information content (AvgIpc) is 2.79. The van der Waals surface area contributed by atoms with E-state index in [2.05, 4.69) is 29.2 Å². The highest BCUT2D eigenvalue weighted by molar-refractivity contribution is 6.18. The van der Waals surface area contributed by atoms with Crippen molar-refractivity contribution in [3.8, 4) is 0 Å². The normalized spacial score (nSPS) is 26.4. The topological polar surface area (TPSA) is 85.6 Å². The van der Waals surface area contributed by atoms with Crippen LogP contribution in [-0.2, 0) is 16.0 Å². The first-order chi connectivity index (χ1) is 15.0. The van der Waals surface area contributed by atoms with Gasteiger partial charge in [-0.25, -0.2) is 4.39 Å². The van der Waals surface area contributed by atoms with Crippen LogP contribution in [0.25, 0.3) is 0 Å². The van der Waals surface area contributed by atoms with E-state index in [0.717, 1.165) is 31.6 Å². The highest BCUT2D eigenvalue weighted by Crippen LogP contribution is 2.26. The third-order valence-electron chi connectivity index (χ3n) is 5.45. The minimum atomic E-state index is -1.85. The Morgan fingerprint density at radius 2 is 1.68 bits per heavy atom. The molecule has 0 saturated carbocycles. The Kier molecular flexibility index (Phi) is 11.8. The van der Waals surface area contributed by atoms with Crippen LogP contribution >= 0.6 is 23.2 Å². The zero-order chi connectivity index (χ0) is 22.8. The summed E-state index contributed by atoms with van der Waals surface area (Å²) in [6, 6.07) is 8.26. The smallest absolute Gasteiger partial charge is 0.170 e. The van der Waals surface area contributed by atoms with E-state index in [0.29, 0.717) is 24.7 Å². The van der Waals surface area contributed by atoms with E-state index >= 15 is 0 Å². The van der Waals surface area contributed by atoms with Crippen LogP contribution in [0.5, 0.6) is 0 Å². The zero-order valence-corrected chi connectivity index (χ0v) is 19.3. The molecule has 1 heterocycles. The number of hydrogen-bond acceptors (Lipinski definition) is 7. The third kappa shape index (κ3) is 7.40. The molecule has 0 aromatic heterocycles. The lowest BCUT2D eigenvalue weighted by atomic mass is 9.99. The molecule has 0 bridgehead atoms. The van der Waals surface area contributed by atoms with Gasteiger partial charge in [0.15, 0.2) is 12.4 Å². The van der Waals surface area contributed by atoms with Crippen LogP contribution in [0.1, 0.15) is 18.4 Å². The Morgan fingerprint density at radius 1 is 1.03 bits per heavy atom. The van der Waals surface area contributed by atoms with Gasteiger partial charge in [0.2, 0.25) is 0 Å². The molecular weight excluding hydrogens is 450 g/mol. The monoisotopic (exact) mass is 482 g/mol. The van der Waals surface area contributed by atoms with Gasteiger partial charge < -0.3 is 25.0 Å². The second kappa shape index (κ2) is 13.7. The summed E-state index contributed by atoms with van der Waals surface area (Å²) in [4.78, 5) is 7.39. The van der Waals surface area contributed by atoms with Gasteiger partial charge in [-0.3, -0.25) is 4.84 Å². The first-order valence-corrected chi connectivity index (χ1v) is 11.6. The second-order valence-corrected chi connectivity index (χ2v) is 8.24. The summed E-state index contributed by atoms with van der Waals surface area (Å²) < 4.78 is 19.9. The van der Waals surface area contributed by atoms with Gasteiger partial charge in [-0.1, -0.05) is 12.1 Å². The molecule has 1 aliphatic heterocycles. The molecule has 7 nitrogen and oxygen atoms in total. The van der Waals surface area contributed by atoms with Crippen molar-refractivity contribution < 1.29 is 29.3 Å². The number of aliphatic hydroxyl groups excluding tert-OH is 3. The fourth-order valence-electron chi connectivity index (χ4n) is 3.66. The van der Waals surface area contributed by atoms with Gasteiger partial charge in [0.05, 0.1) is 13.7 Å². The first-order valence-electron chi connectivity index (χ1n) is 10.5. The Labute approximate surface area is 193 Å². The first kappa shape index (κ1) is 26.5. The number of aryl methyl sites for hydroxylation is 1. The quantitative estimate of drug-likeness (QED) is 0.225. The molecule has 0 amide bonds. The lowest BCUT2D eigenvalue weighted by molar-refractivity contribution is -0.317. The molecule has 1 unspecified atom stereocenters. The highest BCUT2D eigenvalue weighted by atomic mass is 35.5. The molecule has 10 heteroatoms. The number of unbranched alkanes of at least 4 members (excludes halogenated alkanes) is 1. The van der Waals surface area contributed by atoms with Crippen molar-refractivity contribution in [3.63, 3.8) is 0 Å². The van der Waals surface area contributed by atoms with Crippen molar-refractivity contribution >= 4 is 28.9 Å². The summed E-state index contributed by atoms with van der Waals surface area (Å²) in [5.74, 6) is 1.07. The molecule has 0 spiro atoms. The van der Waals surface area contributed by atoms with Crippen molar-refractivity contribution in [2.24, 2.45) is 0 Å². The Balaban J connectivity index is 1.84. The zero-order valence-electron chi connectivity index (χ0n) is 17.7. The molecule has 5 atom stereocenters. The molecule has 1 aromatic carbocycles. The summed E-state index contributed by atoms with van der Waals surface area (Å²) in [5, 5.41) is 30.3. The Morgan fingerprint density at radius 3 is 2.23 bits per heavy atom. The minimum absolute atomic E-state index is 0.375. The van der Waals surface area contributed by atoms with E-state index < -0.39 is 37.3 Å². The molecule has 178 valence electrons. The molecule has 3 N–H and O–H groups in total. The number of rotatable bonds is 13. The van der Waals surface area contributed by atoms with Gasteiger partial charge in [0, 0.05) is 37.1 Å². The van der Waals surface area contributed by atoms with Crippen LogP contribution < -0.4 is 4.90 Å². The van der Waals surface area contributed by atoms with Crippen LogP contribution in [0, 0.1) is 0 Å². The Bertz CT molecular complexity index is 622. The number of alkyl halides is 3. The van der Waals surface area contributed by atoms with Gasteiger partial charge >= 0.3 is 0 Å². The number of hydroxylamine groups is 2. The van der Waals surface area contributed by atoms with E-state index in [-0.39, 0.29) is 0 Å². The van der Waals surface area contributed by atoms with Gasteiger partial charge in [0.25, 0.3) is 0 Å². The average molecular weight is 483 g/mol. The molecule has 31 heavy (non-hydrogen) atoms. The number of aliphatic hydroxyl groups is 3. The molecule has 0 radical (unpaired) electrons. The van der Waals surface area contributed by atoms with Crippen molar-refractivity contribution in [1.82, 2.24) is 5.06 Å². The summed E-state index contributed by atoms with van der Waals surface area (Å²) in [6.07, 6.45) is -4.87. The maximum Gasteiger partial charge on any atom is 0.170 e. The van der Waals surface area contributed by atoms with Crippen LogP contribution in [0.2, 0.25) is 0 Å². The minimum Gasteiger partial charge on any atom is -0.394 e. The molecule has 1 aromatic rings. The number of anilines is 1. The second-order valence-electron chi connectivity index (χ2n) is 7.49. The number of ether oxygens (including phenoxy) is 1. The van der Waals surface area contributed by atoms with Gasteiger partial charge in [0.1, 0.15) is 18.3 Å². The summed E-state index contributed by atoms with van der Waals surface area (Å²) in [6.45, 7) is 1.33. The number of nitrogens with zero attached hydrogens (tertiary/aromatic N) is 2. The maximum absolute atomic E-state index is 14.5. The van der Waals surface area contributed by atoms with Crippen LogP contribution in [0.15, 0.2) is 24.3 Å². The summed E-state index contributed by atoms with van der Waals surface area (Å²) >= 11 is 11.7. The molecular formula is C21H33Cl2FN2O5. The predicted octanol–water partition coefficient (Wildman–Crippen LogP) is 1.93. The molecule has 1 saturated heterocycles. The van der Waals surface area contributed by atoms with Crippen molar-refractivity contribution in [2.75, 3.05) is 50.0 Å². The number of benzene rings is 1. The van der Waals surface area contributed by atoms with Crippen LogP contribution in [-0.4, -0.2) is 96.2 Å². The molecule has 1 fully saturated rings. The maximum atomic E-state index is 14.5. The number of halogens is 3. The van der Waals surface area contributed by atoms with Crippen molar-refractivity contribution in [1.29, 1.82) is 0 Å². The van der Waals surface area contributed by atoms with Gasteiger partial charge in [-0.05, 0) is 37.0 Å². The Hall–Kier alpha value is -0.710. The van der Waals surface area contributed by atoms with E-state index in [1.807, 2.05) is 0 Å². The van der Waals surface area contributed by atoms with Crippen molar-refractivity contribution in [2.45, 2.75) is 50.0 Å². The fourth-order valence-corrected chi connectivity index (χ4v) is 4.06. The van der Waals surface area contributed by atoms with Gasteiger partial charge in [-0.15, -0.1) is 23.2 Å².